The molecule has 4 nitrogen and oxygen atoms in total. The first-order valence-corrected chi connectivity index (χ1v) is 9.30. The quantitative estimate of drug-likeness (QED) is 0.529. The molecule has 128 valence electrons. The fourth-order valence-electron chi connectivity index (χ4n) is 3.45. The van der Waals surface area contributed by atoms with Crippen LogP contribution in [0.25, 0.3) is 5.69 Å². The Hall–Kier alpha value is -1.18. The molecule has 0 spiro atoms. The molecule has 2 aromatic rings. The number of carbonyl (C=O) groups is 1. The van der Waals surface area contributed by atoms with Gasteiger partial charge in [0.05, 0.1) is 12.6 Å². The monoisotopic (exact) mass is 438 g/mol. The average molecular weight is 438 g/mol. The van der Waals surface area contributed by atoms with E-state index < -0.39 is 0 Å². The second-order valence-corrected chi connectivity index (χ2v) is 7.65. The summed E-state index contributed by atoms with van der Waals surface area (Å²) in [5.41, 5.74) is 4.03. The third kappa shape index (κ3) is 3.58. The lowest BCUT2D eigenvalue weighted by atomic mass is 10.1. The standard InChI is InChI=1S/C19H23IN2O2/c1-13-10-18(19(23)12-21-9-8-17(11-21)24-3)14(2)22(13)16-6-4-15(20)5-7-16/h4-7,10,17H,8-9,11-12H2,1-3H3. The van der Waals surface area contributed by atoms with E-state index in [1.807, 2.05) is 13.0 Å². The molecule has 1 aromatic heterocycles. The smallest absolute Gasteiger partial charge is 0.178 e. The van der Waals surface area contributed by atoms with E-state index in [-0.39, 0.29) is 11.9 Å². The van der Waals surface area contributed by atoms with Crippen LogP contribution < -0.4 is 0 Å². The van der Waals surface area contributed by atoms with E-state index in [4.69, 9.17) is 4.74 Å². The van der Waals surface area contributed by atoms with Gasteiger partial charge in [0.25, 0.3) is 0 Å². The van der Waals surface area contributed by atoms with Crippen LogP contribution in [0.4, 0.5) is 0 Å². The van der Waals surface area contributed by atoms with Crippen LogP contribution in [0.1, 0.15) is 28.2 Å². The molecule has 0 saturated carbocycles. The van der Waals surface area contributed by atoms with E-state index in [0.717, 1.165) is 42.1 Å². The Morgan fingerprint density at radius 3 is 2.62 bits per heavy atom. The highest BCUT2D eigenvalue weighted by Gasteiger charge is 2.25. The van der Waals surface area contributed by atoms with Gasteiger partial charge in [-0.2, -0.15) is 0 Å². The molecular formula is C19H23IN2O2. The number of nitrogens with zero attached hydrogens (tertiary/aromatic N) is 2. The van der Waals surface area contributed by atoms with Crippen LogP contribution in [0.5, 0.6) is 0 Å². The third-order valence-corrected chi connectivity index (χ3v) is 5.47. The minimum atomic E-state index is 0.191. The van der Waals surface area contributed by atoms with Crippen LogP contribution in [0.15, 0.2) is 30.3 Å². The van der Waals surface area contributed by atoms with Crippen molar-refractivity contribution < 1.29 is 9.53 Å². The van der Waals surface area contributed by atoms with E-state index in [2.05, 4.69) is 63.2 Å². The number of ketones is 1. The van der Waals surface area contributed by atoms with Crippen molar-refractivity contribution >= 4 is 28.4 Å². The summed E-state index contributed by atoms with van der Waals surface area (Å²) in [6.45, 7) is 6.33. The van der Waals surface area contributed by atoms with Crippen LogP contribution in [0.2, 0.25) is 0 Å². The van der Waals surface area contributed by atoms with Gasteiger partial charge in [0.1, 0.15) is 0 Å². The van der Waals surface area contributed by atoms with Gasteiger partial charge in [0.15, 0.2) is 5.78 Å². The number of carbonyl (C=O) groups excluding carboxylic acids is 1. The van der Waals surface area contributed by atoms with E-state index >= 15 is 0 Å². The minimum Gasteiger partial charge on any atom is -0.380 e. The Labute approximate surface area is 156 Å². The predicted molar refractivity (Wildman–Crippen MR) is 104 cm³/mol. The highest BCUT2D eigenvalue weighted by Crippen LogP contribution is 2.23. The van der Waals surface area contributed by atoms with Crippen LogP contribution in [0.3, 0.4) is 0 Å². The molecule has 5 heteroatoms. The number of halogens is 1. The predicted octanol–water partition coefficient (Wildman–Crippen LogP) is 3.60. The molecule has 1 saturated heterocycles. The van der Waals surface area contributed by atoms with Crippen molar-refractivity contribution in [1.82, 2.24) is 9.47 Å². The number of hydrogen-bond acceptors (Lipinski definition) is 3. The van der Waals surface area contributed by atoms with Gasteiger partial charge in [-0.15, -0.1) is 0 Å². The summed E-state index contributed by atoms with van der Waals surface area (Å²) in [6, 6.07) is 10.4. The summed E-state index contributed by atoms with van der Waals surface area (Å²) in [4.78, 5) is 15.0. The Morgan fingerprint density at radius 1 is 1.29 bits per heavy atom. The SMILES string of the molecule is COC1CCN(CC(=O)c2cc(C)n(-c3ccc(I)cc3)c2C)C1. The van der Waals surface area contributed by atoms with E-state index in [0.29, 0.717) is 6.54 Å². The number of ether oxygens (including phenoxy) is 1. The summed E-state index contributed by atoms with van der Waals surface area (Å²) < 4.78 is 8.75. The van der Waals surface area contributed by atoms with E-state index in [1.54, 1.807) is 7.11 Å². The van der Waals surface area contributed by atoms with Crippen molar-refractivity contribution in [2.45, 2.75) is 26.4 Å². The van der Waals surface area contributed by atoms with Crippen LogP contribution in [0, 0.1) is 17.4 Å². The maximum Gasteiger partial charge on any atom is 0.178 e. The molecule has 0 aliphatic carbocycles. The van der Waals surface area contributed by atoms with Gasteiger partial charge in [-0.25, -0.2) is 0 Å². The van der Waals surface area contributed by atoms with Gasteiger partial charge in [0.2, 0.25) is 0 Å². The number of Topliss-reactive ketones (excluding diaryl/α,β-unsaturated/α-hetero) is 1. The first-order chi connectivity index (χ1) is 11.5. The maximum atomic E-state index is 12.8. The van der Waals surface area contributed by atoms with Crippen molar-refractivity contribution in [2.24, 2.45) is 0 Å². The highest BCUT2D eigenvalue weighted by atomic mass is 127. The molecular weight excluding hydrogens is 415 g/mol. The van der Waals surface area contributed by atoms with Gasteiger partial charge in [-0.05, 0) is 73.2 Å². The Balaban J connectivity index is 1.81. The second-order valence-electron chi connectivity index (χ2n) is 6.40. The molecule has 0 N–H and O–H groups in total. The number of aryl methyl sites for hydroxylation is 1. The van der Waals surface area contributed by atoms with Gasteiger partial charge in [-0.1, -0.05) is 0 Å². The number of hydrogen-bond donors (Lipinski definition) is 0. The van der Waals surface area contributed by atoms with Gasteiger partial charge in [-0.3, -0.25) is 9.69 Å². The van der Waals surface area contributed by atoms with Crippen molar-refractivity contribution in [3.05, 3.63) is 50.9 Å². The number of aromatic nitrogens is 1. The molecule has 24 heavy (non-hydrogen) atoms. The fraction of sp³-hybridized carbons (Fsp3) is 0.421. The van der Waals surface area contributed by atoms with Crippen LogP contribution in [-0.2, 0) is 4.74 Å². The van der Waals surface area contributed by atoms with E-state index in [9.17, 15) is 4.79 Å². The lowest BCUT2D eigenvalue weighted by Gasteiger charge is -2.15. The number of rotatable bonds is 5. The van der Waals surface area contributed by atoms with Crippen molar-refractivity contribution in [3.8, 4) is 5.69 Å². The van der Waals surface area contributed by atoms with Gasteiger partial charge >= 0.3 is 0 Å². The molecule has 1 aliphatic heterocycles. The molecule has 1 fully saturated rings. The Morgan fingerprint density at radius 2 is 2.00 bits per heavy atom. The van der Waals surface area contributed by atoms with Crippen LogP contribution >= 0.6 is 22.6 Å². The number of likely N-dealkylation sites (tertiary alicyclic amines) is 1. The molecule has 2 heterocycles. The first-order valence-electron chi connectivity index (χ1n) is 8.23. The molecule has 1 atom stereocenters. The summed E-state index contributed by atoms with van der Waals surface area (Å²) in [6.07, 6.45) is 1.27. The number of benzene rings is 1. The zero-order chi connectivity index (χ0) is 17.3. The summed E-state index contributed by atoms with van der Waals surface area (Å²) in [5.74, 6) is 0.191. The molecule has 1 aromatic carbocycles. The van der Waals surface area contributed by atoms with Crippen molar-refractivity contribution in [2.75, 3.05) is 26.7 Å². The number of methoxy groups -OCH3 is 1. The zero-order valence-electron chi connectivity index (χ0n) is 14.4. The van der Waals surface area contributed by atoms with Gasteiger partial charge < -0.3 is 9.30 Å². The highest BCUT2D eigenvalue weighted by molar-refractivity contribution is 14.1. The second kappa shape index (κ2) is 7.37. The lowest BCUT2D eigenvalue weighted by Crippen LogP contribution is -2.29. The average Bonchev–Trinajstić information content (AvgIpc) is 3.13. The topological polar surface area (TPSA) is 34.5 Å². The minimum absolute atomic E-state index is 0.191. The molecule has 1 unspecified atom stereocenters. The van der Waals surface area contributed by atoms with Crippen molar-refractivity contribution in [1.29, 1.82) is 0 Å². The first kappa shape index (κ1) is 17.6. The summed E-state index contributed by atoms with van der Waals surface area (Å²) in [7, 11) is 1.74. The molecule has 1 aliphatic rings. The zero-order valence-corrected chi connectivity index (χ0v) is 16.5. The lowest BCUT2D eigenvalue weighted by molar-refractivity contribution is 0.0898. The molecule has 0 bridgehead atoms. The largest absolute Gasteiger partial charge is 0.380 e. The summed E-state index contributed by atoms with van der Waals surface area (Å²) >= 11 is 2.30. The normalized spacial score (nSPS) is 18.2. The molecule has 0 radical (unpaired) electrons. The van der Waals surface area contributed by atoms with E-state index in [1.165, 1.54) is 3.57 Å². The van der Waals surface area contributed by atoms with Crippen molar-refractivity contribution in [3.63, 3.8) is 0 Å². The third-order valence-electron chi connectivity index (χ3n) is 4.75. The Bertz CT molecular complexity index is 737. The van der Waals surface area contributed by atoms with Crippen LogP contribution in [-0.4, -0.2) is 48.1 Å². The maximum absolute atomic E-state index is 12.8. The Kier molecular flexibility index (Phi) is 5.42. The molecule has 3 rings (SSSR count). The van der Waals surface area contributed by atoms with Gasteiger partial charge in [0, 0.05) is 46.4 Å². The molecule has 0 amide bonds. The fourth-order valence-corrected chi connectivity index (χ4v) is 3.81. The summed E-state index contributed by atoms with van der Waals surface area (Å²) in [5, 5.41) is 0.